The number of rotatable bonds is 11. The largest absolute Gasteiger partial charge is 0.439 e. The van der Waals surface area contributed by atoms with Gasteiger partial charge in [0.1, 0.15) is 17.4 Å². The number of hydrogen-bond acceptors (Lipinski definition) is 7. The number of nitrogens with two attached hydrogens (primary N) is 1. The van der Waals surface area contributed by atoms with Crippen LogP contribution >= 0.6 is 12.4 Å². The Morgan fingerprint density at radius 3 is 2.33 bits per heavy atom. The summed E-state index contributed by atoms with van der Waals surface area (Å²) in [5, 5.41) is 2.53. The van der Waals surface area contributed by atoms with Gasteiger partial charge in [-0.25, -0.2) is 27.0 Å². The topological polar surface area (TPSA) is 147 Å². The van der Waals surface area contributed by atoms with Crippen molar-refractivity contribution in [3.8, 4) is 11.6 Å². The molecule has 0 aliphatic carbocycles. The number of pyridine rings is 1. The molecule has 3 aromatic carbocycles. The van der Waals surface area contributed by atoms with E-state index in [-0.39, 0.29) is 30.7 Å². The van der Waals surface area contributed by atoms with Crippen LogP contribution in [0.2, 0.25) is 0 Å². The molecule has 1 aliphatic rings. The minimum atomic E-state index is -3.37. The maximum Gasteiger partial charge on any atom is 0.322 e. The predicted octanol–water partition coefficient (Wildman–Crippen LogP) is 6.05. The van der Waals surface area contributed by atoms with Crippen molar-refractivity contribution in [3.05, 3.63) is 113 Å². The molecule has 3 amide bonds. The molecule has 0 unspecified atom stereocenters. The molecule has 11 nitrogen and oxygen atoms in total. The van der Waals surface area contributed by atoms with E-state index in [1.54, 1.807) is 41.4 Å². The van der Waals surface area contributed by atoms with Gasteiger partial charge < -0.3 is 20.7 Å². The second-order valence-electron chi connectivity index (χ2n) is 11.7. The SMILES string of the molecule is Cc1ccccc1CN(C(=O)Nc1cc(C(N)=O)c(F)cc1F)C1CCN(Cc2ccc(Oc3ccc(NS(C)(=O)=O)cc3)nc2)CC1.Cl. The normalized spacial score (nSPS) is 13.6. The van der Waals surface area contributed by atoms with Crippen LogP contribution in [0.3, 0.4) is 0 Å². The van der Waals surface area contributed by atoms with Crippen molar-refractivity contribution in [1.82, 2.24) is 14.8 Å². The van der Waals surface area contributed by atoms with E-state index in [1.165, 1.54) is 0 Å². The van der Waals surface area contributed by atoms with Crippen molar-refractivity contribution < 1.29 is 31.5 Å². The highest BCUT2D eigenvalue weighted by molar-refractivity contribution is 7.92. The summed E-state index contributed by atoms with van der Waals surface area (Å²) >= 11 is 0. The lowest BCUT2D eigenvalue weighted by Gasteiger charge is -2.39. The Hall–Kier alpha value is -4.79. The van der Waals surface area contributed by atoms with Gasteiger partial charge in [0, 0.05) is 56.2 Å². The van der Waals surface area contributed by atoms with E-state index in [2.05, 4.69) is 19.9 Å². The average molecular weight is 715 g/mol. The molecular weight excluding hydrogens is 678 g/mol. The van der Waals surface area contributed by atoms with Gasteiger partial charge in [-0.05, 0) is 66.8 Å². The number of sulfonamides is 1. The van der Waals surface area contributed by atoms with E-state index in [9.17, 15) is 26.8 Å². The van der Waals surface area contributed by atoms with E-state index in [0.29, 0.717) is 55.9 Å². The summed E-state index contributed by atoms with van der Waals surface area (Å²) in [5.41, 5.74) is 7.71. The van der Waals surface area contributed by atoms with Crippen LogP contribution in [0.1, 0.15) is 39.9 Å². The first-order valence-electron chi connectivity index (χ1n) is 15.2. The van der Waals surface area contributed by atoms with Crippen molar-refractivity contribution in [2.45, 2.75) is 38.9 Å². The Kier molecular flexibility index (Phi) is 12.1. The lowest BCUT2D eigenvalue weighted by molar-refractivity contribution is 0.0996. The minimum absolute atomic E-state index is 0. The molecule has 4 aromatic rings. The first kappa shape index (κ1) is 37.0. The second kappa shape index (κ2) is 16.1. The van der Waals surface area contributed by atoms with Crippen LogP contribution in [0.5, 0.6) is 11.6 Å². The smallest absolute Gasteiger partial charge is 0.322 e. The molecule has 15 heteroatoms. The number of ether oxygens (including phenoxy) is 1. The van der Waals surface area contributed by atoms with E-state index < -0.39 is 39.2 Å². The van der Waals surface area contributed by atoms with Gasteiger partial charge >= 0.3 is 6.03 Å². The number of hydrogen-bond donors (Lipinski definition) is 3. The van der Waals surface area contributed by atoms with Crippen molar-refractivity contribution >= 4 is 45.7 Å². The number of piperidine rings is 1. The van der Waals surface area contributed by atoms with E-state index in [4.69, 9.17) is 10.5 Å². The third-order valence-electron chi connectivity index (χ3n) is 8.01. The monoisotopic (exact) mass is 714 g/mol. The summed E-state index contributed by atoms with van der Waals surface area (Å²) in [6.45, 7) is 4.23. The quantitative estimate of drug-likeness (QED) is 0.171. The zero-order valence-electron chi connectivity index (χ0n) is 26.9. The van der Waals surface area contributed by atoms with E-state index in [0.717, 1.165) is 29.0 Å². The van der Waals surface area contributed by atoms with Gasteiger partial charge in [0.15, 0.2) is 0 Å². The zero-order chi connectivity index (χ0) is 34.4. The molecule has 1 fully saturated rings. The van der Waals surface area contributed by atoms with Gasteiger partial charge in [0.2, 0.25) is 15.9 Å². The summed E-state index contributed by atoms with van der Waals surface area (Å²) in [6, 6.07) is 18.5. The minimum Gasteiger partial charge on any atom is -0.439 e. The Morgan fingerprint density at radius 2 is 1.71 bits per heavy atom. The summed E-state index contributed by atoms with van der Waals surface area (Å²) in [4.78, 5) is 33.6. The van der Waals surface area contributed by atoms with E-state index >= 15 is 0 Å². The van der Waals surface area contributed by atoms with Crippen LogP contribution in [0.15, 0.2) is 79.0 Å². The summed E-state index contributed by atoms with van der Waals surface area (Å²) in [6.07, 6.45) is 4.11. The molecule has 5 rings (SSSR count). The number of carbonyl (C=O) groups is 2. The lowest BCUT2D eigenvalue weighted by atomic mass is 10.0. The van der Waals surface area contributed by atoms with Gasteiger partial charge in [-0.3, -0.25) is 14.4 Å². The van der Waals surface area contributed by atoms with Crippen LogP contribution in [0, 0.1) is 18.6 Å². The molecular formula is C34H37ClF2N6O5S. The second-order valence-corrected chi connectivity index (χ2v) is 13.4. The zero-order valence-corrected chi connectivity index (χ0v) is 28.5. The number of nitrogens with zero attached hydrogens (tertiary/aromatic N) is 3. The summed E-state index contributed by atoms with van der Waals surface area (Å²) in [5.74, 6) is -2.29. The third-order valence-corrected chi connectivity index (χ3v) is 8.61. The number of nitrogens with one attached hydrogen (secondary N) is 2. The van der Waals surface area contributed by atoms with Crippen molar-refractivity contribution in [2.24, 2.45) is 5.73 Å². The van der Waals surface area contributed by atoms with Gasteiger partial charge in [0.25, 0.3) is 5.91 Å². The number of amides is 3. The molecule has 1 aliphatic heterocycles. The predicted molar refractivity (Wildman–Crippen MR) is 185 cm³/mol. The molecule has 0 radical (unpaired) electrons. The Labute approximate surface area is 289 Å². The number of aromatic nitrogens is 1. The molecule has 1 saturated heterocycles. The van der Waals surface area contributed by atoms with E-state index in [1.807, 2.05) is 37.3 Å². The maximum atomic E-state index is 14.6. The first-order chi connectivity index (χ1) is 22.8. The molecule has 0 saturated carbocycles. The molecule has 0 spiro atoms. The van der Waals surface area contributed by atoms with Gasteiger partial charge in [0.05, 0.1) is 17.5 Å². The summed E-state index contributed by atoms with van der Waals surface area (Å²) in [7, 11) is -3.37. The molecule has 1 aromatic heterocycles. The van der Waals surface area contributed by atoms with Gasteiger partial charge in [-0.2, -0.15) is 0 Å². The standard InChI is InChI=1S/C34H36F2N6O5S.ClH/c1-22-5-3-4-6-24(22)21-42(34(44)39-31-17-28(33(37)43)29(35)18-30(31)36)26-13-15-41(16-14-26)20-23-7-12-32(38-19-23)47-27-10-8-25(9-11-27)40-48(2,45)46;/h3-12,17-19,26,40H,13-16,20-21H2,1-2H3,(H2,37,43)(H,39,44);1H. The number of urea groups is 1. The van der Waals surface area contributed by atoms with Crippen LogP contribution < -0.4 is 20.5 Å². The lowest BCUT2D eigenvalue weighted by Crippen LogP contribution is -2.48. The number of likely N-dealkylation sites (tertiary alicyclic amines) is 1. The maximum absolute atomic E-state index is 14.6. The number of anilines is 2. The first-order valence-corrected chi connectivity index (χ1v) is 17.1. The van der Waals surface area contributed by atoms with Crippen molar-refractivity contribution in [2.75, 3.05) is 29.4 Å². The van der Waals surface area contributed by atoms with Crippen LogP contribution in [-0.2, 0) is 23.1 Å². The molecule has 2 heterocycles. The fourth-order valence-electron chi connectivity index (χ4n) is 5.50. The highest BCUT2D eigenvalue weighted by Crippen LogP contribution is 2.26. The number of aryl methyl sites for hydroxylation is 1. The number of primary amides is 1. The summed E-state index contributed by atoms with van der Waals surface area (Å²) < 4.78 is 59.7. The van der Waals surface area contributed by atoms with Crippen LogP contribution in [0.4, 0.5) is 25.0 Å². The Morgan fingerprint density at radius 1 is 1.02 bits per heavy atom. The third kappa shape index (κ3) is 10.1. The molecule has 0 atom stereocenters. The number of benzene rings is 3. The van der Waals surface area contributed by atoms with Crippen LogP contribution in [-0.4, -0.2) is 60.5 Å². The van der Waals surface area contributed by atoms with Gasteiger partial charge in [-0.1, -0.05) is 30.3 Å². The molecule has 0 bridgehead atoms. The fourth-order valence-corrected chi connectivity index (χ4v) is 6.06. The molecule has 260 valence electrons. The van der Waals surface area contributed by atoms with Crippen molar-refractivity contribution in [3.63, 3.8) is 0 Å². The van der Waals surface area contributed by atoms with Gasteiger partial charge in [-0.15, -0.1) is 12.4 Å². The molecule has 49 heavy (non-hydrogen) atoms. The molecule has 4 N–H and O–H groups in total. The van der Waals surface area contributed by atoms with Crippen LogP contribution in [0.25, 0.3) is 0 Å². The highest BCUT2D eigenvalue weighted by atomic mass is 35.5. The number of carbonyl (C=O) groups excluding carboxylic acids is 2. The van der Waals surface area contributed by atoms with Crippen molar-refractivity contribution in [1.29, 1.82) is 0 Å². The average Bonchev–Trinajstić information content (AvgIpc) is 3.03. The highest BCUT2D eigenvalue weighted by Gasteiger charge is 2.29. The fraction of sp³-hybridized carbons (Fsp3) is 0.265. The Bertz CT molecular complexity index is 1890. The number of halogens is 3. The Balaban J connectivity index is 0.00000541.